The maximum Gasteiger partial charge on any atom is 0.302 e. The summed E-state index contributed by atoms with van der Waals surface area (Å²) in [4.78, 5) is 11.1. The smallest absolute Gasteiger partial charge is 0.302 e. The Morgan fingerprint density at radius 3 is 2.74 bits per heavy atom. The molecule has 0 aromatic heterocycles. The Balaban J connectivity index is 1.82. The average molecular weight is 272 g/mol. The maximum absolute atomic E-state index is 11.1. The predicted molar refractivity (Wildman–Crippen MR) is 63.1 cm³/mol. The molecule has 5 atom stereocenters. The highest BCUT2D eigenvalue weighted by molar-refractivity contribution is 5.66. The van der Waals surface area contributed by atoms with Crippen LogP contribution in [0.5, 0.6) is 0 Å². The molecular weight excluding hydrogens is 252 g/mol. The fourth-order valence-electron chi connectivity index (χ4n) is 3.36. The van der Waals surface area contributed by atoms with Crippen LogP contribution < -0.4 is 0 Å². The Bertz CT molecular complexity index is 395. The SMILES string of the molecule is CC(=O)O[C@@H]1CCC[C@@]2(O)[C@@H]1O[C@@H]1OC(C)(C)O[C@@H]12. The van der Waals surface area contributed by atoms with Gasteiger partial charge in [-0.1, -0.05) is 0 Å². The fourth-order valence-corrected chi connectivity index (χ4v) is 3.36. The molecule has 2 aliphatic heterocycles. The quantitative estimate of drug-likeness (QED) is 0.709. The van der Waals surface area contributed by atoms with Crippen LogP contribution in [-0.4, -0.2) is 47.1 Å². The van der Waals surface area contributed by atoms with Crippen LogP contribution >= 0.6 is 0 Å². The van der Waals surface area contributed by atoms with E-state index in [0.717, 1.165) is 6.42 Å². The van der Waals surface area contributed by atoms with E-state index in [1.165, 1.54) is 6.92 Å². The third-order valence-electron chi connectivity index (χ3n) is 4.04. The number of hydrogen-bond acceptors (Lipinski definition) is 6. The van der Waals surface area contributed by atoms with Crippen LogP contribution in [0.3, 0.4) is 0 Å². The van der Waals surface area contributed by atoms with Crippen molar-refractivity contribution in [1.82, 2.24) is 0 Å². The zero-order chi connectivity index (χ0) is 13.8. The van der Waals surface area contributed by atoms with Gasteiger partial charge in [-0.2, -0.15) is 0 Å². The first-order chi connectivity index (χ1) is 8.82. The largest absolute Gasteiger partial charge is 0.460 e. The Morgan fingerprint density at radius 1 is 1.32 bits per heavy atom. The fraction of sp³-hybridized carbons (Fsp3) is 0.923. The number of fused-ring (bicyclic) bond motifs is 3. The molecule has 1 aliphatic carbocycles. The molecule has 108 valence electrons. The second-order valence-electron chi connectivity index (χ2n) is 6.01. The Morgan fingerprint density at radius 2 is 2.05 bits per heavy atom. The Hall–Kier alpha value is -0.690. The van der Waals surface area contributed by atoms with E-state index in [0.29, 0.717) is 12.8 Å². The van der Waals surface area contributed by atoms with Crippen LogP contribution in [0.2, 0.25) is 0 Å². The van der Waals surface area contributed by atoms with Gasteiger partial charge in [-0.25, -0.2) is 0 Å². The van der Waals surface area contributed by atoms with Crippen LogP contribution in [0.4, 0.5) is 0 Å². The maximum atomic E-state index is 11.1. The summed E-state index contributed by atoms with van der Waals surface area (Å²) in [6.45, 7) is 4.94. The summed E-state index contributed by atoms with van der Waals surface area (Å²) in [5, 5.41) is 10.9. The number of rotatable bonds is 1. The zero-order valence-corrected chi connectivity index (χ0v) is 11.4. The van der Waals surface area contributed by atoms with E-state index >= 15 is 0 Å². The highest BCUT2D eigenvalue weighted by Gasteiger charge is 2.66. The lowest BCUT2D eigenvalue weighted by Crippen LogP contribution is -2.56. The minimum absolute atomic E-state index is 0.364. The van der Waals surface area contributed by atoms with Crippen molar-refractivity contribution in [3.63, 3.8) is 0 Å². The minimum Gasteiger partial charge on any atom is -0.460 e. The first-order valence-corrected chi connectivity index (χ1v) is 6.72. The number of aliphatic hydroxyl groups is 1. The number of esters is 1. The standard InChI is InChI=1S/C13H20O6/c1-7(14)16-8-5-4-6-13(15)9(8)17-11-10(13)18-12(2,3)19-11/h8-11,15H,4-6H2,1-3H3/t8-,9-,10+,11-,13-/m1/s1. The van der Waals surface area contributed by atoms with Crippen LogP contribution in [0, 0.1) is 0 Å². The molecule has 1 N–H and O–H groups in total. The van der Waals surface area contributed by atoms with Crippen molar-refractivity contribution in [3.8, 4) is 0 Å². The molecule has 0 aromatic rings. The van der Waals surface area contributed by atoms with E-state index in [1.54, 1.807) is 13.8 Å². The summed E-state index contributed by atoms with van der Waals surface area (Å²) in [6, 6.07) is 0. The molecule has 2 saturated heterocycles. The molecule has 1 saturated carbocycles. The van der Waals surface area contributed by atoms with Gasteiger partial charge in [0.2, 0.25) is 0 Å². The molecule has 0 bridgehead atoms. The molecular formula is C13H20O6. The topological polar surface area (TPSA) is 74.2 Å². The molecule has 19 heavy (non-hydrogen) atoms. The predicted octanol–water partition coefficient (Wildman–Crippen LogP) is 0.709. The van der Waals surface area contributed by atoms with Crippen LogP contribution in [0.1, 0.15) is 40.0 Å². The van der Waals surface area contributed by atoms with Gasteiger partial charge in [0.25, 0.3) is 0 Å². The molecule has 0 unspecified atom stereocenters. The van der Waals surface area contributed by atoms with Gasteiger partial charge >= 0.3 is 5.97 Å². The Labute approximate surface area is 112 Å². The molecule has 0 spiro atoms. The molecule has 3 rings (SSSR count). The van der Waals surface area contributed by atoms with E-state index in [1.807, 2.05) is 0 Å². The number of hydrogen-bond donors (Lipinski definition) is 1. The molecule has 3 aliphatic rings. The van der Waals surface area contributed by atoms with Crippen LogP contribution in [-0.2, 0) is 23.7 Å². The second-order valence-corrected chi connectivity index (χ2v) is 6.01. The number of ether oxygens (including phenoxy) is 4. The molecule has 3 fully saturated rings. The van der Waals surface area contributed by atoms with Crippen LogP contribution in [0.15, 0.2) is 0 Å². The van der Waals surface area contributed by atoms with Gasteiger partial charge in [0.15, 0.2) is 12.1 Å². The summed E-state index contributed by atoms with van der Waals surface area (Å²) in [6.07, 6.45) is -0.104. The summed E-state index contributed by atoms with van der Waals surface area (Å²) >= 11 is 0. The lowest BCUT2D eigenvalue weighted by atomic mass is 9.78. The highest BCUT2D eigenvalue weighted by atomic mass is 16.8. The molecule has 6 nitrogen and oxygen atoms in total. The van der Waals surface area contributed by atoms with E-state index < -0.39 is 36.0 Å². The normalized spacial score (nSPS) is 47.6. The molecule has 6 heteroatoms. The minimum atomic E-state index is -1.14. The monoisotopic (exact) mass is 272 g/mol. The van der Waals surface area contributed by atoms with Crippen molar-refractivity contribution >= 4 is 5.97 Å². The first kappa shape index (κ1) is 13.3. The van der Waals surface area contributed by atoms with Crippen LogP contribution in [0.25, 0.3) is 0 Å². The van der Waals surface area contributed by atoms with Crippen molar-refractivity contribution in [2.75, 3.05) is 0 Å². The van der Waals surface area contributed by atoms with Gasteiger partial charge in [0, 0.05) is 6.92 Å². The average Bonchev–Trinajstić information content (AvgIpc) is 2.70. The third kappa shape index (κ3) is 2.07. The van der Waals surface area contributed by atoms with Gasteiger partial charge in [0.1, 0.15) is 23.9 Å². The molecule has 2 heterocycles. The second kappa shape index (κ2) is 4.15. The summed E-state index contributed by atoms with van der Waals surface area (Å²) < 4.78 is 22.4. The molecule has 0 amide bonds. The summed E-state index contributed by atoms with van der Waals surface area (Å²) in [7, 11) is 0. The molecule has 0 aromatic carbocycles. The number of carbonyl (C=O) groups is 1. The van der Waals surface area contributed by atoms with Crippen molar-refractivity contribution < 1.29 is 28.8 Å². The zero-order valence-electron chi connectivity index (χ0n) is 11.4. The summed E-state index contributed by atoms with van der Waals surface area (Å²) in [5.74, 6) is -1.12. The van der Waals surface area contributed by atoms with Crippen molar-refractivity contribution in [1.29, 1.82) is 0 Å². The van der Waals surface area contributed by atoms with Crippen molar-refractivity contribution in [3.05, 3.63) is 0 Å². The van der Waals surface area contributed by atoms with Crippen molar-refractivity contribution in [2.24, 2.45) is 0 Å². The van der Waals surface area contributed by atoms with E-state index in [2.05, 4.69) is 0 Å². The van der Waals surface area contributed by atoms with E-state index in [9.17, 15) is 9.90 Å². The van der Waals surface area contributed by atoms with Gasteiger partial charge in [-0.05, 0) is 33.1 Å². The lowest BCUT2D eigenvalue weighted by molar-refractivity contribution is -0.251. The number of carbonyl (C=O) groups excluding carboxylic acids is 1. The third-order valence-corrected chi connectivity index (χ3v) is 4.04. The first-order valence-electron chi connectivity index (χ1n) is 6.72. The van der Waals surface area contributed by atoms with E-state index in [-0.39, 0.29) is 5.97 Å². The van der Waals surface area contributed by atoms with Crippen molar-refractivity contribution in [2.45, 2.75) is 76.0 Å². The summed E-state index contributed by atoms with van der Waals surface area (Å²) in [5.41, 5.74) is -1.14. The van der Waals surface area contributed by atoms with Gasteiger partial charge in [-0.3, -0.25) is 4.79 Å². The lowest BCUT2D eigenvalue weighted by Gasteiger charge is -2.40. The van der Waals surface area contributed by atoms with E-state index in [4.69, 9.17) is 18.9 Å². The van der Waals surface area contributed by atoms with Gasteiger partial charge in [0.05, 0.1) is 0 Å². The Kier molecular flexibility index (Phi) is 2.91. The van der Waals surface area contributed by atoms with Gasteiger partial charge < -0.3 is 24.1 Å². The highest BCUT2D eigenvalue weighted by Crippen LogP contribution is 2.49. The molecule has 0 radical (unpaired) electrons. The van der Waals surface area contributed by atoms with Gasteiger partial charge in [-0.15, -0.1) is 0 Å².